The Kier molecular flexibility index (Phi) is 16.2. The number of aliphatic hydroxyl groups is 1. The van der Waals surface area contributed by atoms with Gasteiger partial charge in [0.05, 0.1) is 32.5 Å². The van der Waals surface area contributed by atoms with Crippen molar-refractivity contribution in [2.24, 2.45) is 11.7 Å². The van der Waals surface area contributed by atoms with Gasteiger partial charge >= 0.3 is 17.5 Å². The molecule has 35 heavy (non-hydrogen) atoms. The summed E-state index contributed by atoms with van der Waals surface area (Å²) >= 11 is 0. The van der Waals surface area contributed by atoms with Crippen LogP contribution in [0.5, 0.6) is 0 Å². The van der Waals surface area contributed by atoms with Crippen molar-refractivity contribution in [2.45, 2.75) is 53.6 Å². The number of carbonyl (C=O) groups is 1. The second-order valence-corrected chi connectivity index (χ2v) is 7.63. The van der Waals surface area contributed by atoms with Crippen molar-refractivity contribution in [1.82, 2.24) is 5.32 Å². The second-order valence-electron chi connectivity index (χ2n) is 7.63. The summed E-state index contributed by atoms with van der Waals surface area (Å²) in [4.78, 5) is 40.8. The van der Waals surface area contributed by atoms with E-state index in [4.69, 9.17) is 10.8 Å². The lowest BCUT2D eigenvalue weighted by atomic mass is 10.1. The fourth-order valence-corrected chi connectivity index (χ4v) is 2.06. The molecule has 15 nitrogen and oxygen atoms in total. The molecular weight excluding hydrogens is 468 g/mol. The van der Waals surface area contributed by atoms with Gasteiger partial charge in [-0.15, -0.1) is 0 Å². The number of alkyl carbamates (subject to hydrolysis) is 1. The Morgan fingerprint density at radius 1 is 1.11 bits per heavy atom. The number of carbonyl (C=O) groups excluding carboxylic acids is 1. The molecular formula is C20H36N6O9. The number of hydrogen-bond donors (Lipinski definition) is 4. The number of anilines is 1. The molecule has 1 rings (SSSR count). The van der Waals surface area contributed by atoms with Gasteiger partial charge in [0.2, 0.25) is 0 Å². The van der Waals surface area contributed by atoms with Gasteiger partial charge in [-0.3, -0.25) is 30.3 Å². The Morgan fingerprint density at radius 2 is 1.60 bits per heavy atom. The van der Waals surface area contributed by atoms with Crippen LogP contribution in [-0.4, -0.2) is 57.8 Å². The molecule has 0 saturated carbocycles. The summed E-state index contributed by atoms with van der Waals surface area (Å²) in [6, 6.07) is 1.43. The number of amides is 1. The maximum Gasteiger partial charge on any atom is 0.407 e. The van der Waals surface area contributed by atoms with Gasteiger partial charge < -0.3 is 26.2 Å². The topological polar surface area (TPSA) is 226 Å². The number of nitro groups is 3. The van der Waals surface area contributed by atoms with Gasteiger partial charge in [-0.05, 0) is 19.8 Å². The van der Waals surface area contributed by atoms with Crippen LogP contribution in [-0.2, 0) is 4.74 Å². The standard InChI is InChI=1S/C11H14N4O6.C7H16N2O3.C2H6/c1-3-7(2)6-12-11-9(14(18)19)4-8(13(16)17)5-10(11)15(20)21;1-7(2,11)5-12-6(10)9-4-3-8;1-2/h4-5,7,12H,3,6H2,1-2H3;11H,3-5,8H2,1-2H3,(H,9,10);1-2H3. The Labute approximate surface area is 203 Å². The van der Waals surface area contributed by atoms with E-state index >= 15 is 0 Å². The number of ether oxygens (including phenoxy) is 1. The predicted octanol–water partition coefficient (Wildman–Crippen LogP) is 3.34. The summed E-state index contributed by atoms with van der Waals surface area (Å²) in [6.07, 6.45) is 0.226. The third-order valence-corrected chi connectivity index (χ3v) is 3.98. The van der Waals surface area contributed by atoms with Gasteiger partial charge in [-0.1, -0.05) is 34.1 Å². The van der Waals surface area contributed by atoms with E-state index in [-0.39, 0.29) is 24.8 Å². The third-order valence-electron chi connectivity index (χ3n) is 3.98. The van der Waals surface area contributed by atoms with Crippen molar-refractivity contribution in [3.8, 4) is 0 Å². The number of nitrogens with one attached hydrogen (secondary N) is 2. The highest BCUT2D eigenvalue weighted by atomic mass is 16.6. The summed E-state index contributed by atoms with van der Waals surface area (Å²) in [7, 11) is 0. The van der Waals surface area contributed by atoms with Gasteiger partial charge in [0.1, 0.15) is 6.61 Å². The zero-order chi connectivity index (χ0) is 27.8. The first-order valence-electron chi connectivity index (χ1n) is 10.9. The summed E-state index contributed by atoms with van der Waals surface area (Å²) in [5.41, 5.74) is 1.79. The fourth-order valence-electron chi connectivity index (χ4n) is 2.06. The predicted molar refractivity (Wildman–Crippen MR) is 130 cm³/mol. The first kappa shape index (κ1) is 33.6. The van der Waals surface area contributed by atoms with E-state index in [1.807, 2.05) is 27.7 Å². The minimum absolute atomic E-state index is 0.0244. The number of non-ortho nitro benzene ring substituents is 1. The summed E-state index contributed by atoms with van der Waals surface area (Å²) < 4.78 is 4.65. The molecule has 1 unspecified atom stereocenters. The molecule has 0 fully saturated rings. The Bertz CT molecular complexity index is 808. The van der Waals surface area contributed by atoms with Crippen molar-refractivity contribution in [2.75, 3.05) is 31.6 Å². The van der Waals surface area contributed by atoms with Crippen LogP contribution < -0.4 is 16.4 Å². The molecule has 1 amide bonds. The molecule has 0 radical (unpaired) electrons. The number of rotatable bonds is 11. The Morgan fingerprint density at radius 3 is 1.94 bits per heavy atom. The van der Waals surface area contributed by atoms with Crippen LogP contribution in [0.4, 0.5) is 27.5 Å². The highest BCUT2D eigenvalue weighted by Gasteiger charge is 2.30. The van der Waals surface area contributed by atoms with Crippen LogP contribution >= 0.6 is 0 Å². The second kappa shape index (κ2) is 16.9. The highest BCUT2D eigenvalue weighted by Crippen LogP contribution is 2.38. The zero-order valence-electron chi connectivity index (χ0n) is 20.9. The first-order valence-corrected chi connectivity index (χ1v) is 10.9. The van der Waals surface area contributed by atoms with E-state index in [9.17, 15) is 35.1 Å². The summed E-state index contributed by atoms with van der Waals surface area (Å²) in [6.45, 7) is 11.9. The normalized spacial score (nSPS) is 11.0. The van der Waals surface area contributed by atoms with Crippen molar-refractivity contribution < 1.29 is 29.4 Å². The SMILES string of the molecule is CC.CC(C)(O)COC(=O)NCCN.CCC(C)CNc1c([N+](=O)[O-])cc([N+](=O)[O-])cc1[N+](=O)[O-]. The van der Waals surface area contributed by atoms with Crippen molar-refractivity contribution in [3.63, 3.8) is 0 Å². The van der Waals surface area contributed by atoms with Crippen LogP contribution in [0.3, 0.4) is 0 Å². The number of nitro benzene ring substituents is 3. The lowest BCUT2D eigenvalue weighted by molar-refractivity contribution is -0.401. The van der Waals surface area contributed by atoms with E-state index in [1.54, 1.807) is 13.8 Å². The minimum Gasteiger partial charge on any atom is -0.447 e. The molecule has 0 spiro atoms. The molecule has 1 aromatic rings. The molecule has 0 aliphatic carbocycles. The summed E-state index contributed by atoms with van der Waals surface area (Å²) in [5, 5.41) is 47.0. The van der Waals surface area contributed by atoms with Crippen LogP contribution in [0.2, 0.25) is 0 Å². The first-order chi connectivity index (χ1) is 16.2. The van der Waals surface area contributed by atoms with Crippen molar-refractivity contribution in [1.29, 1.82) is 0 Å². The number of nitrogens with zero attached hydrogens (tertiary/aromatic N) is 3. The van der Waals surface area contributed by atoms with E-state index in [0.717, 1.165) is 6.42 Å². The third kappa shape index (κ3) is 14.3. The van der Waals surface area contributed by atoms with Crippen molar-refractivity contribution >= 4 is 28.8 Å². The molecule has 0 aromatic heterocycles. The van der Waals surface area contributed by atoms with Crippen molar-refractivity contribution in [3.05, 3.63) is 42.5 Å². The van der Waals surface area contributed by atoms with E-state index in [2.05, 4.69) is 15.4 Å². The van der Waals surface area contributed by atoms with Crippen LogP contribution in [0.15, 0.2) is 12.1 Å². The average Bonchev–Trinajstić information content (AvgIpc) is 2.80. The van der Waals surface area contributed by atoms with Crippen LogP contribution in [0.25, 0.3) is 0 Å². The molecule has 200 valence electrons. The molecule has 5 N–H and O–H groups in total. The molecule has 0 bridgehead atoms. The molecule has 0 heterocycles. The van der Waals surface area contributed by atoms with Gasteiger partial charge in [0, 0.05) is 19.6 Å². The zero-order valence-corrected chi connectivity index (χ0v) is 20.9. The Hall–Kier alpha value is -3.59. The fraction of sp³-hybridized carbons (Fsp3) is 0.650. The van der Waals surface area contributed by atoms with Gasteiger partial charge in [-0.2, -0.15) is 0 Å². The molecule has 0 saturated heterocycles. The van der Waals surface area contributed by atoms with Crippen LogP contribution in [0.1, 0.15) is 48.0 Å². The largest absolute Gasteiger partial charge is 0.447 e. The smallest absolute Gasteiger partial charge is 0.407 e. The quantitative estimate of drug-likeness (QED) is 0.252. The lowest BCUT2D eigenvalue weighted by Gasteiger charge is -2.16. The molecule has 0 aliphatic rings. The monoisotopic (exact) mass is 504 g/mol. The minimum atomic E-state index is -0.986. The maximum atomic E-state index is 11.0. The lowest BCUT2D eigenvalue weighted by Crippen LogP contribution is -2.34. The summed E-state index contributed by atoms with van der Waals surface area (Å²) in [5.74, 6) is 0.138. The van der Waals surface area contributed by atoms with E-state index in [1.165, 1.54) is 0 Å². The number of benzene rings is 1. The molecule has 1 aromatic carbocycles. The van der Waals surface area contributed by atoms with Crippen LogP contribution in [0, 0.1) is 36.3 Å². The van der Waals surface area contributed by atoms with Gasteiger partial charge in [0.15, 0.2) is 5.69 Å². The van der Waals surface area contributed by atoms with E-state index in [0.29, 0.717) is 25.2 Å². The number of nitrogens with two attached hydrogens (primary N) is 1. The van der Waals surface area contributed by atoms with E-state index < -0.39 is 43.5 Å². The maximum absolute atomic E-state index is 11.0. The Balaban J connectivity index is 0. The average molecular weight is 505 g/mol. The molecule has 0 aliphatic heterocycles. The highest BCUT2D eigenvalue weighted by molar-refractivity contribution is 5.77. The van der Waals surface area contributed by atoms with Gasteiger partial charge in [-0.25, -0.2) is 4.79 Å². The number of hydrogen-bond acceptors (Lipinski definition) is 11. The molecule has 1 atom stereocenters. The molecule has 15 heteroatoms. The van der Waals surface area contributed by atoms with Gasteiger partial charge in [0.25, 0.3) is 5.69 Å².